The van der Waals surface area contributed by atoms with Crippen molar-refractivity contribution in [2.45, 2.75) is 84.0 Å². The van der Waals surface area contributed by atoms with E-state index in [1.165, 1.54) is 25.7 Å². The highest BCUT2D eigenvalue weighted by atomic mass is 16.7. The number of hydrogen-bond acceptors (Lipinski definition) is 4. The van der Waals surface area contributed by atoms with Gasteiger partial charge in [-0.25, -0.2) is 4.79 Å². The van der Waals surface area contributed by atoms with E-state index in [4.69, 9.17) is 4.84 Å². The molecule has 2 rings (SSSR count). The second kappa shape index (κ2) is 14.3. The zero-order chi connectivity index (χ0) is 22.3. The van der Waals surface area contributed by atoms with Crippen molar-refractivity contribution >= 4 is 17.8 Å². The van der Waals surface area contributed by atoms with E-state index in [1.807, 2.05) is 0 Å². The average Bonchev–Trinajstić information content (AvgIpc) is 3.01. The smallest absolute Gasteiger partial charge is 0.330 e. The van der Waals surface area contributed by atoms with E-state index in [1.54, 1.807) is 24.3 Å². The number of imide groups is 1. The molecule has 0 spiro atoms. The van der Waals surface area contributed by atoms with E-state index in [9.17, 15) is 14.4 Å². The minimum absolute atomic E-state index is 0.206. The summed E-state index contributed by atoms with van der Waals surface area (Å²) in [7, 11) is 0. The van der Waals surface area contributed by atoms with Crippen LogP contribution in [0.4, 0.5) is 0 Å². The van der Waals surface area contributed by atoms with Crippen LogP contribution in [0.25, 0.3) is 0 Å². The van der Waals surface area contributed by atoms with Crippen LogP contribution in [0.1, 0.15) is 105 Å². The molecule has 0 fully saturated rings. The summed E-state index contributed by atoms with van der Waals surface area (Å²) in [5, 5.41) is 0.583. The third kappa shape index (κ3) is 8.52. The molecule has 0 N–H and O–H groups in total. The molecule has 5 nitrogen and oxygen atoms in total. The lowest BCUT2D eigenvalue weighted by molar-refractivity contribution is -0.168. The Hall–Kier alpha value is -2.69. The topological polar surface area (TPSA) is 63.7 Å². The quantitative estimate of drug-likeness (QED) is 0.181. The zero-order valence-corrected chi connectivity index (χ0v) is 18.7. The van der Waals surface area contributed by atoms with Gasteiger partial charge in [0.15, 0.2) is 0 Å². The van der Waals surface area contributed by atoms with Crippen molar-refractivity contribution in [2.24, 2.45) is 0 Å². The van der Waals surface area contributed by atoms with Crippen LogP contribution in [0, 0.1) is 0 Å². The van der Waals surface area contributed by atoms with Gasteiger partial charge in [-0.1, -0.05) is 80.5 Å². The molecule has 0 unspecified atom stereocenters. The molecule has 1 aromatic rings. The minimum Gasteiger partial charge on any atom is -0.330 e. The van der Waals surface area contributed by atoms with Crippen molar-refractivity contribution in [1.82, 2.24) is 5.06 Å². The van der Waals surface area contributed by atoms with Gasteiger partial charge in [-0.3, -0.25) is 9.59 Å². The van der Waals surface area contributed by atoms with Gasteiger partial charge in [0.2, 0.25) is 0 Å². The largest absolute Gasteiger partial charge is 0.333 e. The van der Waals surface area contributed by atoms with Gasteiger partial charge >= 0.3 is 5.97 Å². The van der Waals surface area contributed by atoms with Gasteiger partial charge in [0, 0.05) is 6.42 Å². The molecule has 0 aromatic heterocycles. The van der Waals surface area contributed by atoms with Crippen molar-refractivity contribution < 1.29 is 19.2 Å². The van der Waals surface area contributed by atoms with Gasteiger partial charge in [0.05, 0.1) is 11.1 Å². The summed E-state index contributed by atoms with van der Waals surface area (Å²) in [4.78, 5) is 41.4. The fourth-order valence-electron chi connectivity index (χ4n) is 3.48. The van der Waals surface area contributed by atoms with Crippen molar-refractivity contribution in [3.63, 3.8) is 0 Å². The van der Waals surface area contributed by atoms with Crippen molar-refractivity contribution in [3.05, 3.63) is 59.7 Å². The SMILES string of the molecule is CCCCC/C=C/C/C=C/CCCCCCCC(=O)ON1C(=O)c2ccccc2C1=O. The lowest BCUT2D eigenvalue weighted by Gasteiger charge is -2.12. The zero-order valence-electron chi connectivity index (χ0n) is 18.7. The van der Waals surface area contributed by atoms with Crippen LogP contribution < -0.4 is 0 Å². The number of allylic oxidation sites excluding steroid dienone is 4. The second-order valence-electron chi connectivity index (χ2n) is 7.89. The number of hydroxylamine groups is 2. The predicted molar refractivity (Wildman–Crippen MR) is 122 cm³/mol. The highest BCUT2D eigenvalue weighted by Crippen LogP contribution is 2.23. The summed E-state index contributed by atoms with van der Waals surface area (Å²) in [5.41, 5.74) is 0.551. The predicted octanol–water partition coefficient (Wildman–Crippen LogP) is 6.55. The maximum Gasteiger partial charge on any atom is 0.333 e. The molecule has 1 heterocycles. The molecule has 1 aliphatic rings. The summed E-state index contributed by atoms with van der Waals surface area (Å²) in [6, 6.07) is 6.48. The summed E-state index contributed by atoms with van der Waals surface area (Å²) >= 11 is 0. The Morgan fingerprint density at radius 3 is 1.97 bits per heavy atom. The van der Waals surface area contributed by atoms with Crippen LogP contribution in [0.2, 0.25) is 0 Å². The van der Waals surface area contributed by atoms with Gasteiger partial charge in [0.1, 0.15) is 0 Å². The number of fused-ring (bicyclic) bond motifs is 1. The summed E-state index contributed by atoms with van der Waals surface area (Å²) < 4.78 is 0. The fraction of sp³-hybridized carbons (Fsp3) is 0.500. The molecule has 1 aromatic carbocycles. The van der Waals surface area contributed by atoms with E-state index in [-0.39, 0.29) is 17.5 Å². The standard InChI is InChI=1S/C26H35NO4/c1-2-3-4-5-6-7-8-9-10-11-12-13-14-15-16-21-24(28)31-27-25(29)22-19-17-18-20-23(22)26(27)30/h6-7,9-10,17-20H,2-5,8,11-16,21H2,1H3/b7-6+,10-9+. The molecule has 5 heteroatoms. The van der Waals surface area contributed by atoms with Crippen LogP contribution in [-0.2, 0) is 9.63 Å². The summed E-state index contributed by atoms with van der Waals surface area (Å²) in [6.07, 6.45) is 21.3. The molecule has 0 aliphatic carbocycles. The maximum atomic E-state index is 12.2. The van der Waals surface area contributed by atoms with Crippen LogP contribution >= 0.6 is 0 Å². The molecular formula is C26H35NO4. The molecule has 1 aliphatic heterocycles. The Morgan fingerprint density at radius 2 is 1.35 bits per heavy atom. The molecular weight excluding hydrogens is 390 g/mol. The number of carbonyl (C=O) groups is 3. The molecule has 0 saturated heterocycles. The second-order valence-corrected chi connectivity index (χ2v) is 7.89. The van der Waals surface area contributed by atoms with Gasteiger partial charge in [-0.05, 0) is 50.7 Å². The van der Waals surface area contributed by atoms with Gasteiger partial charge in [-0.2, -0.15) is 0 Å². The van der Waals surface area contributed by atoms with Crippen LogP contribution in [0.5, 0.6) is 0 Å². The number of nitrogens with zero attached hydrogens (tertiary/aromatic N) is 1. The van der Waals surface area contributed by atoms with E-state index < -0.39 is 17.8 Å². The number of benzene rings is 1. The molecule has 0 radical (unpaired) electrons. The normalized spacial score (nSPS) is 13.5. The maximum absolute atomic E-state index is 12.2. The van der Waals surface area contributed by atoms with Crippen LogP contribution in [0.3, 0.4) is 0 Å². The lowest BCUT2D eigenvalue weighted by Crippen LogP contribution is -2.32. The third-order valence-electron chi connectivity index (χ3n) is 5.28. The first kappa shape index (κ1) is 24.6. The van der Waals surface area contributed by atoms with Crippen molar-refractivity contribution in [3.8, 4) is 0 Å². The van der Waals surface area contributed by atoms with Crippen LogP contribution in [0.15, 0.2) is 48.6 Å². The number of unbranched alkanes of at least 4 members (excludes halogenated alkanes) is 8. The average molecular weight is 426 g/mol. The minimum atomic E-state index is -0.575. The molecule has 0 bridgehead atoms. The van der Waals surface area contributed by atoms with Crippen LogP contribution in [-0.4, -0.2) is 22.8 Å². The molecule has 0 saturated carbocycles. The van der Waals surface area contributed by atoms with E-state index >= 15 is 0 Å². The molecule has 2 amide bonds. The molecule has 31 heavy (non-hydrogen) atoms. The Balaban J connectivity index is 1.47. The van der Waals surface area contributed by atoms with Crippen molar-refractivity contribution in [2.75, 3.05) is 0 Å². The highest BCUT2D eigenvalue weighted by molar-refractivity contribution is 6.20. The van der Waals surface area contributed by atoms with E-state index in [0.717, 1.165) is 38.5 Å². The molecule has 168 valence electrons. The Morgan fingerprint density at radius 1 is 0.806 bits per heavy atom. The van der Waals surface area contributed by atoms with Crippen molar-refractivity contribution in [1.29, 1.82) is 0 Å². The van der Waals surface area contributed by atoms with E-state index in [2.05, 4.69) is 31.2 Å². The van der Waals surface area contributed by atoms with Gasteiger partial charge in [-0.15, -0.1) is 0 Å². The fourth-order valence-corrected chi connectivity index (χ4v) is 3.48. The summed E-state index contributed by atoms with van der Waals surface area (Å²) in [6.45, 7) is 2.22. The van der Waals surface area contributed by atoms with E-state index in [0.29, 0.717) is 11.5 Å². The first-order chi connectivity index (χ1) is 15.1. The number of carbonyl (C=O) groups excluding carboxylic acids is 3. The lowest BCUT2D eigenvalue weighted by atomic mass is 10.1. The highest BCUT2D eigenvalue weighted by Gasteiger charge is 2.38. The Bertz CT molecular complexity index is 746. The number of amides is 2. The third-order valence-corrected chi connectivity index (χ3v) is 5.28. The monoisotopic (exact) mass is 425 g/mol. The summed E-state index contributed by atoms with van der Waals surface area (Å²) in [5.74, 6) is -1.69. The first-order valence-corrected chi connectivity index (χ1v) is 11.6. The van der Waals surface area contributed by atoms with Gasteiger partial charge in [0.25, 0.3) is 11.8 Å². The Kier molecular flexibility index (Phi) is 11.4. The Labute approximate surface area is 186 Å². The van der Waals surface area contributed by atoms with Gasteiger partial charge < -0.3 is 4.84 Å². The number of hydrogen-bond donors (Lipinski definition) is 0. The first-order valence-electron chi connectivity index (χ1n) is 11.6. The molecule has 0 atom stereocenters. The number of rotatable bonds is 15.